The van der Waals surface area contributed by atoms with E-state index in [2.05, 4.69) is 52.2 Å². The molecule has 0 atom stereocenters. The zero-order chi connectivity index (χ0) is 22.8. The van der Waals surface area contributed by atoms with E-state index in [0.717, 1.165) is 26.3 Å². The molecule has 0 aliphatic carbocycles. The van der Waals surface area contributed by atoms with Crippen molar-refractivity contribution in [1.29, 1.82) is 0 Å². The van der Waals surface area contributed by atoms with Gasteiger partial charge in [0.25, 0.3) is 0 Å². The van der Waals surface area contributed by atoms with Crippen LogP contribution in [0.5, 0.6) is 0 Å². The zero-order valence-corrected chi connectivity index (χ0v) is 20.2. The Hall–Kier alpha value is -2.43. The highest BCUT2D eigenvalue weighted by molar-refractivity contribution is 9.10. The summed E-state index contributed by atoms with van der Waals surface area (Å²) in [7, 11) is 1.34. The van der Waals surface area contributed by atoms with Crippen LogP contribution in [-0.2, 0) is 11.2 Å². The van der Waals surface area contributed by atoms with Gasteiger partial charge in [-0.05, 0) is 36.2 Å². The number of esters is 1. The molecule has 1 aromatic heterocycles. The number of nitrogens with two attached hydrogens (primary N) is 1. The Labute approximate surface area is 191 Å². The molecule has 0 amide bonds. The van der Waals surface area contributed by atoms with Gasteiger partial charge in [-0.15, -0.1) is 0 Å². The van der Waals surface area contributed by atoms with Gasteiger partial charge >= 0.3 is 11.9 Å². The predicted molar refractivity (Wildman–Crippen MR) is 125 cm³/mol. The number of carboxylic acids is 1. The fourth-order valence-corrected chi connectivity index (χ4v) is 3.55. The van der Waals surface area contributed by atoms with Gasteiger partial charge in [0.15, 0.2) is 0 Å². The van der Waals surface area contributed by atoms with Crippen LogP contribution in [0, 0.1) is 0 Å². The highest BCUT2D eigenvalue weighted by atomic mass is 79.9. The molecule has 0 aliphatic heterocycles. The number of H-pyrrole nitrogens is 1. The third kappa shape index (κ3) is 6.28. The number of aryl methyl sites for hydroxylation is 1. The molecule has 5 N–H and O–H groups in total. The third-order valence-electron chi connectivity index (χ3n) is 3.86. The number of hydrogen-bond donors (Lipinski definition) is 4. The first kappa shape index (κ1) is 25.6. The molecule has 0 saturated heterocycles. The number of halogens is 2. The molecular weight excluding hydrogens is 520 g/mol. The second-order valence-corrected chi connectivity index (χ2v) is 7.40. The number of nitrogens with zero attached hydrogens (tertiary/aromatic N) is 1. The standard InChI is InChI=1S/C10H13BrN2O2.C8H5BrN2O2.C2H6/c1-3-6-4-7(11)5-8(9(6)13-12)10(14)15-2;9-5-1-4-3-10-11-7(4)6(2-5)8(12)13;1-2/h4-5,13H,3,12H2,1-2H3;1-3H,(H,10,11)(H,12,13);1-2H3. The van der Waals surface area contributed by atoms with E-state index in [-0.39, 0.29) is 5.56 Å². The summed E-state index contributed by atoms with van der Waals surface area (Å²) in [5.74, 6) is 4.03. The summed E-state index contributed by atoms with van der Waals surface area (Å²) < 4.78 is 6.25. The highest BCUT2D eigenvalue weighted by Crippen LogP contribution is 2.27. The Morgan fingerprint density at radius 1 is 1.17 bits per heavy atom. The molecule has 0 spiro atoms. The van der Waals surface area contributed by atoms with E-state index in [0.29, 0.717) is 16.8 Å². The average molecular weight is 544 g/mol. The van der Waals surface area contributed by atoms with Crippen molar-refractivity contribution in [2.24, 2.45) is 5.84 Å². The maximum atomic E-state index is 11.5. The first-order chi connectivity index (χ1) is 14.3. The van der Waals surface area contributed by atoms with Crippen LogP contribution in [0.4, 0.5) is 5.69 Å². The number of aromatic amines is 1. The number of rotatable bonds is 4. The maximum Gasteiger partial charge on any atom is 0.340 e. The highest BCUT2D eigenvalue weighted by Gasteiger charge is 2.15. The molecule has 30 heavy (non-hydrogen) atoms. The van der Waals surface area contributed by atoms with E-state index in [1.54, 1.807) is 18.3 Å². The lowest BCUT2D eigenvalue weighted by Crippen LogP contribution is -2.15. The van der Waals surface area contributed by atoms with Crippen LogP contribution in [0.1, 0.15) is 47.1 Å². The lowest BCUT2D eigenvalue weighted by molar-refractivity contribution is 0.0600. The number of anilines is 1. The van der Waals surface area contributed by atoms with Crippen molar-refractivity contribution in [2.45, 2.75) is 27.2 Å². The van der Waals surface area contributed by atoms with Crippen LogP contribution >= 0.6 is 31.9 Å². The molecule has 3 aromatic rings. The fourth-order valence-electron chi connectivity index (χ4n) is 2.57. The first-order valence-corrected chi connectivity index (χ1v) is 10.6. The van der Waals surface area contributed by atoms with Crippen molar-refractivity contribution in [3.05, 3.63) is 56.1 Å². The third-order valence-corrected chi connectivity index (χ3v) is 4.78. The minimum absolute atomic E-state index is 0.224. The normalized spacial score (nSPS) is 9.70. The number of benzene rings is 2. The molecule has 0 fully saturated rings. The smallest absolute Gasteiger partial charge is 0.340 e. The second-order valence-electron chi connectivity index (χ2n) is 5.57. The van der Waals surface area contributed by atoms with Crippen LogP contribution in [-0.4, -0.2) is 34.4 Å². The van der Waals surface area contributed by atoms with Gasteiger partial charge < -0.3 is 15.3 Å². The van der Waals surface area contributed by atoms with Gasteiger partial charge in [-0.2, -0.15) is 5.10 Å². The van der Waals surface area contributed by atoms with Gasteiger partial charge in [-0.25, -0.2) is 9.59 Å². The minimum Gasteiger partial charge on any atom is -0.478 e. The summed E-state index contributed by atoms with van der Waals surface area (Å²) in [6.07, 6.45) is 2.37. The molecule has 162 valence electrons. The Kier molecular flexibility index (Phi) is 10.5. The van der Waals surface area contributed by atoms with E-state index in [1.165, 1.54) is 7.11 Å². The monoisotopic (exact) mass is 542 g/mol. The molecule has 0 radical (unpaired) electrons. The number of ether oxygens (including phenoxy) is 1. The number of hydrazine groups is 1. The topological polar surface area (TPSA) is 130 Å². The predicted octanol–water partition coefficient (Wildman–Crippen LogP) is 5.13. The SMILES string of the molecule is CC.CCc1cc(Br)cc(C(=O)OC)c1NN.O=C(O)c1cc(Br)cc2cn[nH]c12. The average Bonchev–Trinajstić information content (AvgIpc) is 3.21. The number of nitrogen functional groups attached to an aromatic ring is 1. The van der Waals surface area contributed by atoms with E-state index >= 15 is 0 Å². The molecule has 10 heteroatoms. The largest absolute Gasteiger partial charge is 0.478 e. The van der Waals surface area contributed by atoms with Crippen LogP contribution < -0.4 is 11.3 Å². The fraction of sp³-hybridized carbons (Fsp3) is 0.250. The second kappa shape index (κ2) is 12.3. The summed E-state index contributed by atoms with van der Waals surface area (Å²) in [6.45, 7) is 5.99. The van der Waals surface area contributed by atoms with E-state index in [1.807, 2.05) is 32.9 Å². The van der Waals surface area contributed by atoms with Crippen LogP contribution in [0.25, 0.3) is 10.9 Å². The molecule has 1 heterocycles. The Bertz CT molecular complexity index is 1020. The number of nitrogens with one attached hydrogen (secondary N) is 2. The number of fused-ring (bicyclic) bond motifs is 1. The van der Waals surface area contributed by atoms with Crippen molar-refractivity contribution in [3.63, 3.8) is 0 Å². The first-order valence-electron chi connectivity index (χ1n) is 9.05. The molecule has 0 bridgehead atoms. The molecule has 0 aliphatic rings. The van der Waals surface area contributed by atoms with Gasteiger partial charge in [0.05, 0.1) is 35.6 Å². The van der Waals surface area contributed by atoms with Crippen molar-refractivity contribution >= 4 is 60.4 Å². The summed E-state index contributed by atoms with van der Waals surface area (Å²) in [4.78, 5) is 22.3. The number of carbonyl (C=O) groups excluding carboxylic acids is 1. The minimum atomic E-state index is -0.962. The van der Waals surface area contributed by atoms with Gasteiger partial charge in [-0.1, -0.05) is 52.6 Å². The summed E-state index contributed by atoms with van der Waals surface area (Å²) in [5, 5.41) is 16.1. The Morgan fingerprint density at radius 3 is 2.30 bits per heavy atom. The quantitative estimate of drug-likeness (QED) is 0.204. The van der Waals surface area contributed by atoms with Crippen molar-refractivity contribution in [1.82, 2.24) is 10.2 Å². The van der Waals surface area contributed by atoms with Crippen molar-refractivity contribution in [2.75, 3.05) is 12.5 Å². The number of carboxylic acid groups (broad SMARTS) is 1. The van der Waals surface area contributed by atoms with Gasteiger partial charge in [0.2, 0.25) is 0 Å². The Morgan fingerprint density at radius 2 is 1.77 bits per heavy atom. The summed E-state index contributed by atoms with van der Waals surface area (Å²) in [5.41, 5.74) is 5.33. The zero-order valence-electron chi connectivity index (χ0n) is 17.0. The number of aromatic carboxylic acids is 1. The van der Waals surface area contributed by atoms with Crippen LogP contribution in [0.15, 0.2) is 39.4 Å². The van der Waals surface area contributed by atoms with Crippen LogP contribution in [0.2, 0.25) is 0 Å². The van der Waals surface area contributed by atoms with Gasteiger partial charge in [-0.3, -0.25) is 10.9 Å². The molecular formula is C20H24Br2N4O4. The number of hydrogen-bond acceptors (Lipinski definition) is 6. The van der Waals surface area contributed by atoms with E-state index < -0.39 is 11.9 Å². The maximum absolute atomic E-state index is 11.5. The summed E-state index contributed by atoms with van der Waals surface area (Å²) in [6, 6.07) is 6.95. The molecule has 0 saturated carbocycles. The molecule has 2 aromatic carbocycles. The van der Waals surface area contributed by atoms with Crippen molar-refractivity contribution in [3.8, 4) is 0 Å². The van der Waals surface area contributed by atoms with Gasteiger partial charge in [0.1, 0.15) is 0 Å². The molecule has 3 rings (SSSR count). The number of methoxy groups -OCH3 is 1. The Balaban J connectivity index is 0.000000279. The number of carbonyl (C=O) groups is 2. The summed E-state index contributed by atoms with van der Waals surface area (Å²) >= 11 is 6.57. The van der Waals surface area contributed by atoms with Crippen LogP contribution in [0.3, 0.4) is 0 Å². The molecule has 8 nitrogen and oxygen atoms in total. The number of aromatic nitrogens is 2. The van der Waals surface area contributed by atoms with E-state index in [4.69, 9.17) is 10.9 Å². The lowest BCUT2D eigenvalue weighted by Gasteiger charge is -2.12. The molecule has 0 unspecified atom stereocenters. The lowest BCUT2D eigenvalue weighted by atomic mass is 10.1. The van der Waals surface area contributed by atoms with Gasteiger partial charge in [0, 0.05) is 14.3 Å². The van der Waals surface area contributed by atoms with Crippen molar-refractivity contribution < 1.29 is 19.4 Å². The van der Waals surface area contributed by atoms with E-state index in [9.17, 15) is 9.59 Å².